The van der Waals surface area contributed by atoms with E-state index in [1.54, 1.807) is 12.1 Å². The summed E-state index contributed by atoms with van der Waals surface area (Å²) in [6.07, 6.45) is 0.0183. The van der Waals surface area contributed by atoms with Crippen LogP contribution < -0.4 is 9.47 Å². The van der Waals surface area contributed by atoms with Crippen molar-refractivity contribution in [1.29, 1.82) is 0 Å². The normalized spacial score (nSPS) is 14.4. The Labute approximate surface area is 110 Å². The molecule has 18 heavy (non-hydrogen) atoms. The maximum atomic E-state index is 10.9. The smallest absolute Gasteiger partial charge is 0.304 e. The van der Waals surface area contributed by atoms with Gasteiger partial charge in [-0.25, -0.2) is 0 Å². The van der Waals surface area contributed by atoms with Gasteiger partial charge in [0.15, 0.2) is 11.5 Å². The molecule has 0 aliphatic carbocycles. The van der Waals surface area contributed by atoms with Crippen molar-refractivity contribution in [2.75, 3.05) is 13.2 Å². The molecule has 1 heterocycles. The van der Waals surface area contributed by atoms with Gasteiger partial charge in [0.25, 0.3) is 0 Å². The van der Waals surface area contributed by atoms with Gasteiger partial charge < -0.3 is 14.6 Å². The van der Waals surface area contributed by atoms with Crippen LogP contribution in [0.25, 0.3) is 0 Å². The molecule has 4 nitrogen and oxygen atoms in total. The monoisotopic (exact) mass is 270 g/mol. The first-order valence-electron chi connectivity index (χ1n) is 5.72. The summed E-state index contributed by atoms with van der Waals surface area (Å²) >= 11 is 6.05. The molecule has 1 aliphatic rings. The van der Waals surface area contributed by atoms with E-state index in [4.69, 9.17) is 26.2 Å². The van der Waals surface area contributed by atoms with Crippen molar-refractivity contribution in [1.82, 2.24) is 0 Å². The van der Waals surface area contributed by atoms with E-state index in [-0.39, 0.29) is 6.42 Å². The molecule has 0 aromatic heterocycles. The molecule has 5 heteroatoms. The third-order valence-corrected chi connectivity index (χ3v) is 3.26. The molecule has 0 saturated heterocycles. The quantitative estimate of drug-likeness (QED) is 0.918. The zero-order chi connectivity index (χ0) is 13.3. The fourth-order valence-corrected chi connectivity index (χ4v) is 2.31. The van der Waals surface area contributed by atoms with Crippen LogP contribution in [-0.4, -0.2) is 24.3 Å². The van der Waals surface area contributed by atoms with Crippen LogP contribution >= 0.6 is 11.6 Å². The van der Waals surface area contributed by atoms with E-state index in [9.17, 15) is 4.79 Å². The molecule has 1 aliphatic heterocycles. The van der Waals surface area contributed by atoms with Crippen molar-refractivity contribution >= 4 is 17.6 Å². The number of benzene rings is 1. The molecule has 1 aromatic rings. The fraction of sp³-hybridized carbons (Fsp3) is 0.462. The van der Waals surface area contributed by atoms with E-state index in [0.717, 1.165) is 5.56 Å². The molecule has 0 saturated carbocycles. The van der Waals surface area contributed by atoms with Gasteiger partial charge in [-0.1, -0.05) is 31.5 Å². The predicted molar refractivity (Wildman–Crippen MR) is 67.7 cm³/mol. The number of ether oxygens (including phenoxy) is 2. The van der Waals surface area contributed by atoms with Gasteiger partial charge in [-0.05, 0) is 6.07 Å². The van der Waals surface area contributed by atoms with Gasteiger partial charge >= 0.3 is 5.97 Å². The van der Waals surface area contributed by atoms with Crippen molar-refractivity contribution < 1.29 is 19.4 Å². The lowest BCUT2D eigenvalue weighted by molar-refractivity contribution is -0.138. The van der Waals surface area contributed by atoms with E-state index in [1.807, 2.05) is 13.8 Å². The van der Waals surface area contributed by atoms with Gasteiger partial charge in [-0.15, -0.1) is 0 Å². The van der Waals surface area contributed by atoms with Crippen LogP contribution in [0.3, 0.4) is 0 Å². The van der Waals surface area contributed by atoms with Gasteiger partial charge in [0.05, 0.1) is 11.4 Å². The zero-order valence-corrected chi connectivity index (χ0v) is 11.1. The van der Waals surface area contributed by atoms with E-state index in [1.165, 1.54) is 0 Å². The van der Waals surface area contributed by atoms with Gasteiger partial charge in [0.1, 0.15) is 13.2 Å². The highest BCUT2D eigenvalue weighted by Crippen LogP contribution is 2.45. The van der Waals surface area contributed by atoms with Gasteiger partial charge in [-0.2, -0.15) is 0 Å². The van der Waals surface area contributed by atoms with Crippen molar-refractivity contribution in [2.24, 2.45) is 0 Å². The van der Waals surface area contributed by atoms with E-state index in [2.05, 4.69) is 0 Å². The summed E-state index contributed by atoms with van der Waals surface area (Å²) < 4.78 is 11.1. The number of carboxylic acid groups (broad SMARTS) is 1. The Morgan fingerprint density at radius 2 is 1.94 bits per heavy atom. The number of rotatable bonds is 3. The Morgan fingerprint density at radius 1 is 1.33 bits per heavy atom. The van der Waals surface area contributed by atoms with Gasteiger partial charge in [-0.3, -0.25) is 4.79 Å². The average molecular weight is 271 g/mol. The van der Waals surface area contributed by atoms with Crippen LogP contribution in [0.1, 0.15) is 25.8 Å². The molecule has 0 fully saturated rings. The fourth-order valence-electron chi connectivity index (χ4n) is 2.11. The summed E-state index contributed by atoms with van der Waals surface area (Å²) in [5.41, 5.74) is 0.269. The Bertz CT molecular complexity index is 482. The van der Waals surface area contributed by atoms with Gasteiger partial charge in [0.2, 0.25) is 0 Å². The summed E-state index contributed by atoms with van der Waals surface area (Å²) in [6, 6.07) is 3.52. The van der Waals surface area contributed by atoms with Crippen LogP contribution in [-0.2, 0) is 10.2 Å². The first kappa shape index (κ1) is 13.0. The molecule has 0 amide bonds. The highest BCUT2D eigenvalue weighted by Gasteiger charge is 2.31. The van der Waals surface area contributed by atoms with Crippen molar-refractivity contribution in [3.05, 3.63) is 22.7 Å². The van der Waals surface area contributed by atoms with Crippen molar-refractivity contribution in [3.63, 3.8) is 0 Å². The van der Waals surface area contributed by atoms with Crippen molar-refractivity contribution in [2.45, 2.75) is 25.7 Å². The van der Waals surface area contributed by atoms with E-state index in [0.29, 0.717) is 29.7 Å². The molecular formula is C13H15ClO4. The standard InChI is InChI=1S/C13H15ClO4/c1-13(2,7-10(15)16)8-3-4-9(14)12-11(8)17-5-6-18-12/h3-4H,5-7H2,1-2H3,(H,15,16). The van der Waals surface area contributed by atoms with Crippen LogP contribution in [0.15, 0.2) is 12.1 Å². The van der Waals surface area contributed by atoms with E-state index < -0.39 is 11.4 Å². The summed E-state index contributed by atoms with van der Waals surface area (Å²) in [6.45, 7) is 4.63. The molecular weight excluding hydrogens is 256 g/mol. The van der Waals surface area contributed by atoms with Crippen LogP contribution in [0.4, 0.5) is 0 Å². The second kappa shape index (κ2) is 4.69. The second-order valence-corrected chi connectivity index (χ2v) is 5.31. The zero-order valence-electron chi connectivity index (χ0n) is 10.3. The van der Waals surface area contributed by atoms with Crippen molar-refractivity contribution in [3.8, 4) is 11.5 Å². The molecule has 1 aromatic carbocycles. The highest BCUT2D eigenvalue weighted by molar-refractivity contribution is 6.32. The van der Waals surface area contributed by atoms with E-state index >= 15 is 0 Å². The minimum Gasteiger partial charge on any atom is -0.486 e. The Kier molecular flexibility index (Phi) is 3.39. The lowest BCUT2D eigenvalue weighted by atomic mass is 9.81. The molecule has 0 spiro atoms. The minimum absolute atomic E-state index is 0.0183. The third-order valence-electron chi connectivity index (χ3n) is 2.96. The number of carboxylic acids is 1. The first-order valence-corrected chi connectivity index (χ1v) is 6.10. The van der Waals surface area contributed by atoms with Crippen LogP contribution in [0.2, 0.25) is 5.02 Å². The molecule has 0 atom stereocenters. The highest BCUT2D eigenvalue weighted by atomic mass is 35.5. The largest absolute Gasteiger partial charge is 0.486 e. The summed E-state index contributed by atoms with van der Waals surface area (Å²) in [5, 5.41) is 9.46. The molecule has 98 valence electrons. The summed E-state index contributed by atoms with van der Waals surface area (Å²) in [7, 11) is 0. The summed E-state index contributed by atoms with van der Waals surface area (Å²) in [5.74, 6) is 0.235. The SMILES string of the molecule is CC(C)(CC(=O)O)c1ccc(Cl)c2c1OCCO2. The number of hydrogen-bond donors (Lipinski definition) is 1. The molecule has 0 unspecified atom stereocenters. The Morgan fingerprint density at radius 3 is 2.56 bits per heavy atom. The maximum Gasteiger partial charge on any atom is 0.304 e. The maximum absolute atomic E-state index is 10.9. The lowest BCUT2D eigenvalue weighted by Crippen LogP contribution is -2.25. The Hall–Kier alpha value is -1.42. The number of carbonyl (C=O) groups is 1. The second-order valence-electron chi connectivity index (χ2n) is 4.90. The third kappa shape index (κ3) is 2.38. The van der Waals surface area contributed by atoms with Crippen LogP contribution in [0, 0.1) is 0 Å². The predicted octanol–water partition coefficient (Wildman–Crippen LogP) is 2.86. The molecule has 2 rings (SSSR count). The Balaban J connectivity index is 2.48. The molecule has 0 bridgehead atoms. The molecule has 1 N–H and O–H groups in total. The number of hydrogen-bond acceptors (Lipinski definition) is 3. The average Bonchev–Trinajstić information content (AvgIpc) is 2.27. The number of halogens is 1. The molecule has 0 radical (unpaired) electrons. The van der Waals surface area contributed by atoms with Gasteiger partial charge in [0, 0.05) is 11.0 Å². The topological polar surface area (TPSA) is 55.8 Å². The lowest BCUT2D eigenvalue weighted by Gasteiger charge is -2.29. The van der Waals surface area contributed by atoms with Crippen LogP contribution in [0.5, 0.6) is 11.5 Å². The number of aliphatic carboxylic acids is 1. The minimum atomic E-state index is -0.847. The number of fused-ring (bicyclic) bond motifs is 1. The first-order chi connectivity index (χ1) is 8.42. The summed E-state index contributed by atoms with van der Waals surface area (Å²) in [4.78, 5) is 10.9.